The number of para-hydroxylation sites is 1. The molecule has 1 aliphatic carbocycles. The fourth-order valence-electron chi connectivity index (χ4n) is 2.80. The van der Waals surface area contributed by atoms with Gasteiger partial charge in [0, 0.05) is 25.8 Å². The minimum Gasteiger partial charge on any atom is -0.378 e. The Morgan fingerprint density at radius 2 is 1.76 bits per heavy atom. The van der Waals surface area contributed by atoms with Gasteiger partial charge >= 0.3 is 0 Å². The van der Waals surface area contributed by atoms with Crippen LogP contribution in [0.25, 0.3) is 0 Å². The van der Waals surface area contributed by atoms with Crippen LogP contribution < -0.4 is 4.90 Å². The largest absolute Gasteiger partial charge is 0.378 e. The van der Waals surface area contributed by atoms with E-state index in [1.807, 2.05) is 30.3 Å². The van der Waals surface area contributed by atoms with Crippen LogP contribution in [0.1, 0.15) is 12.8 Å². The van der Waals surface area contributed by atoms with Crippen LogP contribution in [0, 0.1) is 5.41 Å². The number of carbonyl (C=O) groups excluding carboxylic acids is 2. The molecule has 0 unspecified atom stereocenters. The Hall–Kier alpha value is -1.88. The minimum absolute atomic E-state index is 0.0291. The molecule has 0 aromatic heterocycles. The van der Waals surface area contributed by atoms with Gasteiger partial charge in [0.05, 0.1) is 13.2 Å². The second-order valence-corrected chi connectivity index (χ2v) is 5.69. The number of hydrogen-bond acceptors (Lipinski definition) is 3. The van der Waals surface area contributed by atoms with Gasteiger partial charge in [-0.3, -0.25) is 9.59 Å². The van der Waals surface area contributed by atoms with Crippen molar-refractivity contribution >= 4 is 17.5 Å². The van der Waals surface area contributed by atoms with Crippen molar-refractivity contribution in [3.05, 3.63) is 30.3 Å². The number of anilines is 1. The molecule has 0 radical (unpaired) electrons. The summed E-state index contributed by atoms with van der Waals surface area (Å²) in [5.41, 5.74) is -0.00868. The predicted octanol–water partition coefficient (Wildman–Crippen LogP) is 1.29. The van der Waals surface area contributed by atoms with E-state index in [4.69, 9.17) is 4.74 Å². The maximum Gasteiger partial charge on any atom is 0.242 e. The number of morpholine rings is 1. The van der Waals surface area contributed by atoms with E-state index in [1.165, 1.54) is 0 Å². The average molecular weight is 288 g/mol. The van der Waals surface area contributed by atoms with E-state index in [9.17, 15) is 9.59 Å². The number of hydrogen-bond donors (Lipinski definition) is 0. The zero-order valence-corrected chi connectivity index (χ0v) is 12.2. The van der Waals surface area contributed by atoms with E-state index in [0.29, 0.717) is 39.1 Å². The first-order chi connectivity index (χ1) is 10.1. The van der Waals surface area contributed by atoms with Gasteiger partial charge in [0.25, 0.3) is 0 Å². The predicted molar refractivity (Wildman–Crippen MR) is 78.9 cm³/mol. The maximum absolute atomic E-state index is 12.8. The lowest BCUT2D eigenvalue weighted by molar-refractivity contribution is -0.146. The average Bonchev–Trinajstić information content (AvgIpc) is 3.36. The first-order valence-electron chi connectivity index (χ1n) is 7.35. The lowest BCUT2D eigenvalue weighted by atomic mass is 10.0. The summed E-state index contributed by atoms with van der Waals surface area (Å²) in [6, 6.07) is 9.46. The van der Waals surface area contributed by atoms with Gasteiger partial charge in [0.15, 0.2) is 0 Å². The van der Waals surface area contributed by atoms with Crippen LogP contribution in [0.4, 0.5) is 5.69 Å². The van der Waals surface area contributed by atoms with Gasteiger partial charge in [-0.15, -0.1) is 0 Å². The van der Waals surface area contributed by atoms with Gasteiger partial charge in [-0.1, -0.05) is 18.2 Å². The summed E-state index contributed by atoms with van der Waals surface area (Å²) in [6.07, 6.45) is 1.30. The molecular weight excluding hydrogens is 268 g/mol. The van der Waals surface area contributed by atoms with Crippen LogP contribution in [0.15, 0.2) is 30.3 Å². The number of carbonyl (C=O) groups is 2. The van der Waals surface area contributed by atoms with Crippen molar-refractivity contribution < 1.29 is 14.3 Å². The van der Waals surface area contributed by atoms with E-state index in [0.717, 1.165) is 5.69 Å². The van der Waals surface area contributed by atoms with Crippen LogP contribution in [0.3, 0.4) is 0 Å². The molecule has 0 bridgehead atoms. The van der Waals surface area contributed by atoms with Gasteiger partial charge in [-0.25, -0.2) is 0 Å². The van der Waals surface area contributed by atoms with E-state index in [2.05, 4.69) is 0 Å². The van der Waals surface area contributed by atoms with Crippen LogP contribution in [-0.2, 0) is 14.3 Å². The molecule has 1 saturated heterocycles. The molecule has 0 spiro atoms. The molecule has 2 aliphatic rings. The molecule has 0 N–H and O–H groups in total. The molecule has 21 heavy (non-hydrogen) atoms. The van der Waals surface area contributed by atoms with Gasteiger partial charge in [-0.2, -0.15) is 0 Å². The highest BCUT2D eigenvalue weighted by atomic mass is 16.5. The molecule has 1 aromatic rings. The normalized spacial score (nSPS) is 20.0. The van der Waals surface area contributed by atoms with Crippen LogP contribution >= 0.6 is 0 Å². The molecule has 3 rings (SSSR count). The lowest BCUT2D eigenvalue weighted by Gasteiger charge is -2.31. The van der Waals surface area contributed by atoms with Crippen LogP contribution in [0.5, 0.6) is 0 Å². The van der Waals surface area contributed by atoms with Crippen molar-refractivity contribution in [2.45, 2.75) is 12.8 Å². The summed E-state index contributed by atoms with van der Waals surface area (Å²) >= 11 is 0. The zero-order chi connectivity index (χ0) is 14.9. The second kappa shape index (κ2) is 5.48. The van der Waals surface area contributed by atoms with Gasteiger partial charge in [-0.05, 0) is 25.0 Å². The van der Waals surface area contributed by atoms with Crippen LogP contribution in [-0.4, -0.2) is 50.1 Å². The van der Waals surface area contributed by atoms with E-state index < -0.39 is 5.41 Å². The summed E-state index contributed by atoms with van der Waals surface area (Å²) in [7, 11) is 1.74. The molecule has 5 nitrogen and oxygen atoms in total. The minimum atomic E-state index is -0.831. The Bertz CT molecular complexity index is 534. The quantitative estimate of drug-likeness (QED) is 0.788. The van der Waals surface area contributed by atoms with E-state index >= 15 is 0 Å². The number of nitrogens with zero attached hydrogens (tertiary/aromatic N) is 2. The molecule has 1 heterocycles. The maximum atomic E-state index is 12.8. The summed E-state index contributed by atoms with van der Waals surface area (Å²) in [6.45, 7) is 2.29. The molecule has 5 heteroatoms. The SMILES string of the molecule is CN(C(=O)C1(C(=O)N2CCOCC2)CC1)c1ccccc1. The topological polar surface area (TPSA) is 49.9 Å². The Morgan fingerprint density at radius 3 is 2.33 bits per heavy atom. The number of ether oxygens (including phenoxy) is 1. The molecule has 2 amide bonds. The van der Waals surface area contributed by atoms with Crippen LogP contribution in [0.2, 0.25) is 0 Å². The number of rotatable bonds is 3. The summed E-state index contributed by atoms with van der Waals surface area (Å²) in [5, 5.41) is 0. The second-order valence-electron chi connectivity index (χ2n) is 5.69. The summed E-state index contributed by atoms with van der Waals surface area (Å²) < 4.78 is 5.27. The molecule has 112 valence electrons. The zero-order valence-electron chi connectivity index (χ0n) is 12.2. The summed E-state index contributed by atoms with van der Waals surface area (Å²) in [5.74, 6) is -0.122. The van der Waals surface area contributed by atoms with Crippen molar-refractivity contribution in [3.8, 4) is 0 Å². The molecule has 2 fully saturated rings. The van der Waals surface area contributed by atoms with Crippen molar-refractivity contribution in [1.29, 1.82) is 0 Å². The smallest absolute Gasteiger partial charge is 0.242 e. The highest BCUT2D eigenvalue weighted by Gasteiger charge is 2.59. The highest BCUT2D eigenvalue weighted by molar-refractivity contribution is 6.13. The van der Waals surface area contributed by atoms with E-state index in [-0.39, 0.29) is 11.8 Å². The molecule has 1 aromatic carbocycles. The lowest BCUT2D eigenvalue weighted by Crippen LogP contribution is -2.49. The van der Waals surface area contributed by atoms with Gasteiger partial charge in [0.1, 0.15) is 5.41 Å². The van der Waals surface area contributed by atoms with Gasteiger partial charge in [0.2, 0.25) is 11.8 Å². The molecule has 0 atom stereocenters. The first kappa shape index (κ1) is 14.1. The number of amides is 2. The first-order valence-corrected chi connectivity index (χ1v) is 7.35. The fraction of sp³-hybridized carbons (Fsp3) is 0.500. The van der Waals surface area contributed by atoms with E-state index in [1.54, 1.807) is 16.8 Å². The van der Waals surface area contributed by atoms with Crippen molar-refractivity contribution in [1.82, 2.24) is 4.90 Å². The Kier molecular flexibility index (Phi) is 3.68. The Morgan fingerprint density at radius 1 is 1.14 bits per heavy atom. The molecule has 1 saturated carbocycles. The third-order valence-electron chi connectivity index (χ3n) is 4.32. The third kappa shape index (κ3) is 2.53. The van der Waals surface area contributed by atoms with Crippen molar-refractivity contribution in [3.63, 3.8) is 0 Å². The Labute approximate surface area is 124 Å². The third-order valence-corrected chi connectivity index (χ3v) is 4.32. The van der Waals surface area contributed by atoms with Gasteiger partial charge < -0.3 is 14.5 Å². The highest BCUT2D eigenvalue weighted by Crippen LogP contribution is 2.49. The van der Waals surface area contributed by atoms with Crippen molar-refractivity contribution in [2.75, 3.05) is 38.3 Å². The molecular formula is C16H20N2O3. The Balaban J connectivity index is 1.75. The monoisotopic (exact) mass is 288 g/mol. The molecule has 1 aliphatic heterocycles. The fourth-order valence-corrected chi connectivity index (χ4v) is 2.80. The number of benzene rings is 1. The standard InChI is InChI=1S/C16H20N2O3/c1-17(13-5-3-2-4-6-13)14(19)16(7-8-16)15(20)18-9-11-21-12-10-18/h2-6H,7-12H2,1H3. The van der Waals surface area contributed by atoms with Crippen molar-refractivity contribution in [2.24, 2.45) is 5.41 Å². The summed E-state index contributed by atoms with van der Waals surface area (Å²) in [4.78, 5) is 28.8.